The predicted octanol–water partition coefficient (Wildman–Crippen LogP) is 2.69. The Bertz CT molecular complexity index is 514. The number of pyridine rings is 1. The predicted molar refractivity (Wildman–Crippen MR) is 58.3 cm³/mol. The first-order valence-electron chi connectivity index (χ1n) is 4.58. The highest BCUT2D eigenvalue weighted by Crippen LogP contribution is 2.23. The molecule has 2 aromatic rings. The zero-order valence-electron chi connectivity index (χ0n) is 8.24. The Kier molecular flexibility index (Phi) is 2.68. The number of nitrogens with two attached hydrogens (primary N) is 1. The molecular formula is C11H9F2N3. The first kappa shape index (κ1) is 10.4. The summed E-state index contributed by atoms with van der Waals surface area (Å²) in [4.78, 5) is 3.68. The Morgan fingerprint density at radius 2 is 1.88 bits per heavy atom. The van der Waals surface area contributed by atoms with Crippen molar-refractivity contribution >= 4 is 17.1 Å². The highest BCUT2D eigenvalue weighted by molar-refractivity contribution is 5.72. The first-order valence-corrected chi connectivity index (χ1v) is 4.58. The lowest BCUT2D eigenvalue weighted by Crippen LogP contribution is -1.97. The number of nitrogens with one attached hydrogen (secondary N) is 1. The standard InChI is InChI=1S/C11H9F2N3/c12-7-1-2-11(10(14)4-7)16-9-3-8(13)5-15-6-9/h1-6,16H,14H2. The summed E-state index contributed by atoms with van der Waals surface area (Å²) in [6.45, 7) is 0. The second kappa shape index (κ2) is 4.14. The molecular weight excluding hydrogens is 212 g/mol. The van der Waals surface area contributed by atoms with Gasteiger partial charge in [0.2, 0.25) is 0 Å². The fourth-order valence-electron chi connectivity index (χ4n) is 1.28. The Balaban J connectivity index is 2.27. The van der Waals surface area contributed by atoms with Crippen LogP contribution in [0.15, 0.2) is 36.7 Å². The van der Waals surface area contributed by atoms with Gasteiger partial charge in [-0.2, -0.15) is 0 Å². The second-order valence-electron chi connectivity index (χ2n) is 3.25. The Labute approximate surface area is 90.9 Å². The van der Waals surface area contributed by atoms with E-state index in [9.17, 15) is 8.78 Å². The summed E-state index contributed by atoms with van der Waals surface area (Å²) in [6, 6.07) is 5.21. The number of halogens is 2. The van der Waals surface area contributed by atoms with Gasteiger partial charge in [0.05, 0.1) is 29.5 Å². The molecule has 0 amide bonds. The summed E-state index contributed by atoms with van der Waals surface area (Å²) in [5.41, 5.74) is 6.81. The van der Waals surface area contributed by atoms with Crippen LogP contribution in [0.3, 0.4) is 0 Å². The molecule has 16 heavy (non-hydrogen) atoms. The van der Waals surface area contributed by atoms with Gasteiger partial charge in [-0.05, 0) is 18.2 Å². The summed E-state index contributed by atoms with van der Waals surface area (Å²) in [6.07, 6.45) is 2.55. The van der Waals surface area contributed by atoms with Crippen LogP contribution >= 0.6 is 0 Å². The topological polar surface area (TPSA) is 50.9 Å². The maximum atomic E-state index is 12.8. The molecule has 0 saturated carbocycles. The van der Waals surface area contributed by atoms with Crippen molar-refractivity contribution in [3.05, 3.63) is 48.3 Å². The van der Waals surface area contributed by atoms with Crippen molar-refractivity contribution in [3.63, 3.8) is 0 Å². The van der Waals surface area contributed by atoms with Crippen molar-refractivity contribution in [3.8, 4) is 0 Å². The van der Waals surface area contributed by atoms with Gasteiger partial charge in [-0.25, -0.2) is 8.78 Å². The minimum Gasteiger partial charge on any atom is -0.397 e. The zero-order chi connectivity index (χ0) is 11.5. The molecule has 5 heteroatoms. The van der Waals surface area contributed by atoms with Gasteiger partial charge < -0.3 is 11.1 Å². The van der Waals surface area contributed by atoms with E-state index in [1.165, 1.54) is 30.5 Å². The Morgan fingerprint density at radius 3 is 2.56 bits per heavy atom. The van der Waals surface area contributed by atoms with Crippen LogP contribution in [-0.4, -0.2) is 4.98 Å². The van der Waals surface area contributed by atoms with Crippen LogP contribution in [0.4, 0.5) is 25.8 Å². The highest BCUT2D eigenvalue weighted by Gasteiger charge is 2.02. The molecule has 0 spiro atoms. The summed E-state index contributed by atoms with van der Waals surface area (Å²) in [5.74, 6) is -0.869. The number of anilines is 3. The normalized spacial score (nSPS) is 10.1. The van der Waals surface area contributed by atoms with Gasteiger partial charge in [0.15, 0.2) is 0 Å². The summed E-state index contributed by atoms with van der Waals surface area (Å²) >= 11 is 0. The molecule has 82 valence electrons. The smallest absolute Gasteiger partial charge is 0.143 e. The minimum absolute atomic E-state index is 0.254. The quantitative estimate of drug-likeness (QED) is 0.766. The van der Waals surface area contributed by atoms with E-state index in [0.717, 1.165) is 6.20 Å². The third-order valence-electron chi connectivity index (χ3n) is 2.00. The Hall–Kier alpha value is -2.17. The van der Waals surface area contributed by atoms with E-state index in [2.05, 4.69) is 10.3 Å². The van der Waals surface area contributed by atoms with Crippen molar-refractivity contribution < 1.29 is 8.78 Å². The van der Waals surface area contributed by atoms with Crippen LogP contribution < -0.4 is 11.1 Å². The van der Waals surface area contributed by atoms with Crippen LogP contribution in [0, 0.1) is 11.6 Å². The van der Waals surface area contributed by atoms with Crippen LogP contribution in [-0.2, 0) is 0 Å². The number of hydrogen-bond donors (Lipinski definition) is 2. The van der Waals surface area contributed by atoms with Crippen LogP contribution in [0.2, 0.25) is 0 Å². The van der Waals surface area contributed by atoms with E-state index in [1.807, 2.05) is 0 Å². The molecule has 1 heterocycles. The molecule has 0 bridgehead atoms. The molecule has 0 atom stereocenters. The van der Waals surface area contributed by atoms with Gasteiger partial charge in [0, 0.05) is 6.07 Å². The molecule has 0 saturated heterocycles. The fraction of sp³-hybridized carbons (Fsp3) is 0. The molecule has 3 N–H and O–H groups in total. The molecule has 0 fully saturated rings. The second-order valence-corrected chi connectivity index (χ2v) is 3.25. The molecule has 0 unspecified atom stereocenters. The van der Waals surface area contributed by atoms with Crippen LogP contribution in [0.5, 0.6) is 0 Å². The lowest BCUT2D eigenvalue weighted by Gasteiger charge is -2.08. The maximum absolute atomic E-state index is 12.8. The zero-order valence-corrected chi connectivity index (χ0v) is 8.24. The van der Waals surface area contributed by atoms with Crippen molar-refractivity contribution in [2.24, 2.45) is 0 Å². The van der Waals surface area contributed by atoms with Gasteiger partial charge in [-0.1, -0.05) is 0 Å². The summed E-state index contributed by atoms with van der Waals surface area (Å²) < 4.78 is 25.6. The van der Waals surface area contributed by atoms with E-state index >= 15 is 0 Å². The average molecular weight is 221 g/mol. The summed E-state index contributed by atoms with van der Waals surface area (Å²) in [5, 5.41) is 2.85. The molecule has 0 radical (unpaired) electrons. The lowest BCUT2D eigenvalue weighted by atomic mass is 10.2. The average Bonchev–Trinajstić information content (AvgIpc) is 2.22. The van der Waals surface area contributed by atoms with Gasteiger partial charge in [-0.15, -0.1) is 0 Å². The molecule has 3 nitrogen and oxygen atoms in total. The minimum atomic E-state index is -0.453. The van der Waals surface area contributed by atoms with Gasteiger partial charge >= 0.3 is 0 Å². The lowest BCUT2D eigenvalue weighted by molar-refractivity contribution is 0.622. The van der Waals surface area contributed by atoms with Crippen molar-refractivity contribution in [2.45, 2.75) is 0 Å². The van der Waals surface area contributed by atoms with Crippen molar-refractivity contribution in [1.29, 1.82) is 0 Å². The third kappa shape index (κ3) is 2.25. The highest BCUT2D eigenvalue weighted by atomic mass is 19.1. The first-order chi connectivity index (χ1) is 7.65. The number of nitrogen functional groups attached to an aromatic ring is 1. The van der Waals surface area contributed by atoms with Crippen molar-refractivity contribution in [1.82, 2.24) is 4.98 Å². The van der Waals surface area contributed by atoms with Gasteiger partial charge in [-0.3, -0.25) is 4.98 Å². The molecule has 2 rings (SSSR count). The van der Waals surface area contributed by atoms with Gasteiger partial charge in [0.1, 0.15) is 11.6 Å². The number of hydrogen-bond acceptors (Lipinski definition) is 3. The van der Waals surface area contributed by atoms with Crippen LogP contribution in [0.1, 0.15) is 0 Å². The number of nitrogens with zero attached hydrogens (tertiary/aromatic N) is 1. The maximum Gasteiger partial charge on any atom is 0.143 e. The monoisotopic (exact) mass is 221 g/mol. The van der Waals surface area contributed by atoms with Crippen LogP contribution in [0.25, 0.3) is 0 Å². The van der Waals surface area contributed by atoms with E-state index in [-0.39, 0.29) is 5.69 Å². The molecule has 1 aromatic heterocycles. The molecule has 0 aliphatic carbocycles. The number of benzene rings is 1. The van der Waals surface area contributed by atoms with E-state index in [4.69, 9.17) is 5.73 Å². The summed E-state index contributed by atoms with van der Waals surface area (Å²) in [7, 11) is 0. The van der Waals surface area contributed by atoms with E-state index < -0.39 is 11.6 Å². The Morgan fingerprint density at radius 1 is 1.06 bits per heavy atom. The van der Waals surface area contributed by atoms with E-state index in [1.54, 1.807) is 0 Å². The largest absolute Gasteiger partial charge is 0.397 e. The number of aromatic nitrogens is 1. The molecule has 0 aliphatic heterocycles. The SMILES string of the molecule is Nc1cc(F)ccc1Nc1cncc(F)c1. The third-order valence-corrected chi connectivity index (χ3v) is 2.00. The number of rotatable bonds is 2. The van der Waals surface area contributed by atoms with E-state index in [0.29, 0.717) is 11.4 Å². The fourth-order valence-corrected chi connectivity index (χ4v) is 1.28. The molecule has 0 aliphatic rings. The molecule has 1 aromatic carbocycles. The van der Waals surface area contributed by atoms with Gasteiger partial charge in [0.25, 0.3) is 0 Å². The van der Waals surface area contributed by atoms with Crippen molar-refractivity contribution in [2.75, 3.05) is 11.1 Å².